The van der Waals surface area contributed by atoms with Crippen LogP contribution in [0.1, 0.15) is 26.2 Å². The number of hydrogen-bond donors (Lipinski definition) is 3. The molecule has 9 nitrogen and oxygen atoms in total. The lowest BCUT2D eigenvalue weighted by Gasteiger charge is -2.23. The molecular weight excluding hydrogens is 276 g/mol. The Kier molecular flexibility index (Phi) is 4.85. The highest BCUT2D eigenvalue weighted by atomic mass is 16.6. The fourth-order valence-electron chi connectivity index (χ4n) is 1.99. The third-order valence-corrected chi connectivity index (χ3v) is 3.11. The molecule has 0 bridgehead atoms. The van der Waals surface area contributed by atoms with Crippen molar-refractivity contribution in [2.24, 2.45) is 0 Å². The zero-order valence-electron chi connectivity index (χ0n) is 11.8. The van der Waals surface area contributed by atoms with Gasteiger partial charge in [-0.25, -0.2) is 4.98 Å². The van der Waals surface area contributed by atoms with Crippen LogP contribution in [-0.4, -0.2) is 39.9 Å². The van der Waals surface area contributed by atoms with E-state index in [1.807, 2.05) is 6.92 Å². The molecule has 3 N–H and O–H groups in total. The first-order chi connectivity index (χ1) is 10.1. The second-order valence-corrected chi connectivity index (χ2v) is 4.80. The van der Waals surface area contributed by atoms with Crippen LogP contribution in [0.15, 0.2) is 6.20 Å². The number of rotatable bonds is 6. The lowest BCUT2D eigenvalue weighted by molar-refractivity contribution is -0.384. The minimum atomic E-state index is -0.520. The van der Waals surface area contributed by atoms with Gasteiger partial charge in [0.05, 0.1) is 4.92 Å². The Hall–Kier alpha value is -2.45. The monoisotopic (exact) mass is 294 g/mol. The molecule has 1 aliphatic rings. The van der Waals surface area contributed by atoms with E-state index in [0.29, 0.717) is 31.9 Å². The summed E-state index contributed by atoms with van der Waals surface area (Å²) < 4.78 is 0. The van der Waals surface area contributed by atoms with Crippen LogP contribution in [0.4, 0.5) is 17.5 Å². The Morgan fingerprint density at radius 2 is 2.38 bits per heavy atom. The van der Waals surface area contributed by atoms with Crippen molar-refractivity contribution in [2.45, 2.75) is 32.2 Å². The van der Waals surface area contributed by atoms with Crippen molar-refractivity contribution >= 4 is 23.4 Å². The first-order valence-electron chi connectivity index (χ1n) is 6.88. The number of nitrogens with zero attached hydrogens (tertiary/aromatic N) is 3. The predicted octanol–water partition coefficient (Wildman–Crippen LogP) is 0.897. The Morgan fingerprint density at radius 1 is 1.57 bits per heavy atom. The van der Waals surface area contributed by atoms with Gasteiger partial charge in [0.15, 0.2) is 0 Å². The molecule has 0 radical (unpaired) electrons. The standard InChI is InChI=1S/C12H18N6O3/c1-2-5-13-12-15-7-9(18(20)21)11(17-12)16-8-3-4-10(19)14-6-8/h7-8H,2-6H2,1H3,(H,14,19)(H2,13,15,16,17). The van der Waals surface area contributed by atoms with Crippen molar-refractivity contribution < 1.29 is 9.72 Å². The van der Waals surface area contributed by atoms with Gasteiger partial charge in [0.25, 0.3) is 0 Å². The van der Waals surface area contributed by atoms with Gasteiger partial charge in [0.2, 0.25) is 17.7 Å². The topological polar surface area (TPSA) is 122 Å². The second-order valence-electron chi connectivity index (χ2n) is 4.80. The summed E-state index contributed by atoms with van der Waals surface area (Å²) in [5.41, 5.74) is -0.172. The molecule has 1 unspecified atom stereocenters. The molecule has 1 atom stereocenters. The molecule has 1 saturated heterocycles. The normalized spacial score (nSPS) is 18.0. The molecule has 2 rings (SSSR count). The van der Waals surface area contributed by atoms with Crippen molar-refractivity contribution in [3.63, 3.8) is 0 Å². The molecule has 1 aromatic rings. The van der Waals surface area contributed by atoms with E-state index in [2.05, 4.69) is 25.9 Å². The van der Waals surface area contributed by atoms with E-state index in [1.54, 1.807) is 0 Å². The molecule has 114 valence electrons. The van der Waals surface area contributed by atoms with Gasteiger partial charge in [-0.15, -0.1) is 0 Å². The van der Waals surface area contributed by atoms with Crippen molar-refractivity contribution in [1.82, 2.24) is 15.3 Å². The predicted molar refractivity (Wildman–Crippen MR) is 77.1 cm³/mol. The Morgan fingerprint density at radius 3 is 3.00 bits per heavy atom. The molecule has 1 fully saturated rings. The van der Waals surface area contributed by atoms with E-state index in [4.69, 9.17) is 0 Å². The highest BCUT2D eigenvalue weighted by Crippen LogP contribution is 2.23. The minimum Gasteiger partial charge on any atom is -0.360 e. The van der Waals surface area contributed by atoms with E-state index >= 15 is 0 Å². The zero-order chi connectivity index (χ0) is 15.2. The summed E-state index contributed by atoms with van der Waals surface area (Å²) >= 11 is 0. The lowest BCUT2D eigenvalue weighted by Crippen LogP contribution is -2.42. The van der Waals surface area contributed by atoms with Crippen molar-refractivity contribution in [3.05, 3.63) is 16.3 Å². The first kappa shape index (κ1) is 14.9. The van der Waals surface area contributed by atoms with Gasteiger partial charge in [0, 0.05) is 25.6 Å². The molecule has 21 heavy (non-hydrogen) atoms. The van der Waals surface area contributed by atoms with Gasteiger partial charge in [0.1, 0.15) is 6.20 Å². The summed E-state index contributed by atoms with van der Waals surface area (Å²) in [5.74, 6) is 0.523. The summed E-state index contributed by atoms with van der Waals surface area (Å²) in [6.07, 6.45) is 3.11. The molecular formula is C12H18N6O3. The van der Waals surface area contributed by atoms with Gasteiger partial charge in [-0.3, -0.25) is 14.9 Å². The Labute approximate surface area is 121 Å². The maximum Gasteiger partial charge on any atom is 0.329 e. The largest absolute Gasteiger partial charge is 0.360 e. The third kappa shape index (κ3) is 4.01. The molecule has 0 spiro atoms. The van der Waals surface area contributed by atoms with Gasteiger partial charge in [-0.1, -0.05) is 6.92 Å². The van der Waals surface area contributed by atoms with E-state index < -0.39 is 4.92 Å². The fourth-order valence-corrected chi connectivity index (χ4v) is 1.99. The molecule has 1 amide bonds. The van der Waals surface area contributed by atoms with Crippen LogP contribution in [0.3, 0.4) is 0 Å². The number of hydrogen-bond acceptors (Lipinski definition) is 7. The quantitative estimate of drug-likeness (QED) is 0.526. The molecule has 1 aliphatic heterocycles. The van der Waals surface area contributed by atoms with Crippen molar-refractivity contribution in [1.29, 1.82) is 0 Å². The first-order valence-corrected chi connectivity index (χ1v) is 6.88. The van der Waals surface area contributed by atoms with Crippen LogP contribution in [0.25, 0.3) is 0 Å². The zero-order valence-corrected chi connectivity index (χ0v) is 11.8. The second kappa shape index (κ2) is 6.82. The number of carbonyl (C=O) groups is 1. The summed E-state index contributed by atoms with van der Waals surface area (Å²) in [6.45, 7) is 3.12. The van der Waals surface area contributed by atoms with Crippen LogP contribution in [0.2, 0.25) is 0 Å². The molecule has 2 heterocycles. The van der Waals surface area contributed by atoms with Crippen LogP contribution in [0, 0.1) is 10.1 Å². The molecule has 0 saturated carbocycles. The van der Waals surface area contributed by atoms with Gasteiger partial charge in [-0.2, -0.15) is 4.98 Å². The number of aromatic nitrogens is 2. The number of anilines is 2. The fraction of sp³-hybridized carbons (Fsp3) is 0.583. The lowest BCUT2D eigenvalue weighted by atomic mass is 10.1. The van der Waals surface area contributed by atoms with E-state index in [1.165, 1.54) is 6.20 Å². The maximum absolute atomic E-state index is 11.1. The average molecular weight is 294 g/mol. The van der Waals surface area contributed by atoms with Gasteiger partial charge < -0.3 is 16.0 Å². The highest BCUT2D eigenvalue weighted by Gasteiger charge is 2.23. The Bertz CT molecular complexity index is 526. The van der Waals surface area contributed by atoms with E-state index in [0.717, 1.165) is 6.42 Å². The minimum absolute atomic E-state index is 0.00413. The van der Waals surface area contributed by atoms with Crippen molar-refractivity contribution in [3.8, 4) is 0 Å². The Balaban J connectivity index is 2.13. The van der Waals surface area contributed by atoms with Crippen molar-refractivity contribution in [2.75, 3.05) is 23.7 Å². The summed E-state index contributed by atoms with van der Waals surface area (Å²) in [5, 5.41) is 19.8. The molecule has 1 aromatic heterocycles. The molecule has 0 aliphatic carbocycles. The van der Waals surface area contributed by atoms with Crippen LogP contribution >= 0.6 is 0 Å². The van der Waals surface area contributed by atoms with Gasteiger partial charge >= 0.3 is 5.69 Å². The molecule has 0 aromatic carbocycles. The number of nitro groups is 1. The van der Waals surface area contributed by atoms with Gasteiger partial charge in [-0.05, 0) is 12.8 Å². The molecule has 9 heteroatoms. The number of carbonyl (C=O) groups excluding carboxylic acids is 1. The summed E-state index contributed by atoms with van der Waals surface area (Å²) in [7, 11) is 0. The smallest absolute Gasteiger partial charge is 0.329 e. The number of piperidine rings is 1. The van der Waals surface area contributed by atoms with Crippen LogP contribution in [0.5, 0.6) is 0 Å². The van der Waals surface area contributed by atoms with E-state index in [9.17, 15) is 14.9 Å². The van der Waals surface area contributed by atoms with E-state index in [-0.39, 0.29) is 23.5 Å². The van der Waals surface area contributed by atoms with Crippen LogP contribution < -0.4 is 16.0 Å². The average Bonchev–Trinajstić information content (AvgIpc) is 2.47. The SMILES string of the molecule is CCCNc1ncc([N+](=O)[O-])c(NC2CCC(=O)NC2)n1. The third-order valence-electron chi connectivity index (χ3n) is 3.11. The number of amides is 1. The maximum atomic E-state index is 11.1. The highest BCUT2D eigenvalue weighted by molar-refractivity contribution is 5.77. The van der Waals surface area contributed by atoms with Crippen LogP contribution in [-0.2, 0) is 4.79 Å². The summed E-state index contributed by atoms with van der Waals surface area (Å²) in [6, 6.07) is -0.0738. The summed E-state index contributed by atoms with van der Waals surface area (Å²) in [4.78, 5) is 29.7. The number of nitrogens with one attached hydrogen (secondary N) is 3.